The molecule has 0 amide bonds. The van der Waals surface area contributed by atoms with Crippen LogP contribution in [0, 0.1) is 0 Å². The molecule has 0 aromatic heterocycles. The fraction of sp³-hybridized carbons (Fsp3) is 0.625. The van der Waals surface area contributed by atoms with Gasteiger partial charge in [-0.1, -0.05) is 0 Å². The van der Waals surface area contributed by atoms with Gasteiger partial charge in [-0.3, -0.25) is 0 Å². The number of nitrogens with one attached hydrogen (secondary N) is 1. The van der Waals surface area contributed by atoms with Crippen molar-refractivity contribution in [1.29, 1.82) is 0 Å². The number of ether oxygens (including phenoxy) is 3. The highest BCUT2D eigenvalue weighted by atomic mass is 16.5. The Morgan fingerprint density at radius 3 is 2.14 bits per heavy atom. The van der Waals surface area contributed by atoms with Crippen LogP contribution in [-0.4, -0.2) is 46.5 Å². The Morgan fingerprint density at radius 1 is 0.952 bits per heavy atom. The van der Waals surface area contributed by atoms with Crippen molar-refractivity contribution in [2.24, 2.45) is 0 Å². The van der Waals surface area contributed by atoms with E-state index in [9.17, 15) is 0 Å². The Bertz CT molecular complexity index is 477. The van der Waals surface area contributed by atoms with Crippen LogP contribution in [0.2, 0.25) is 0 Å². The fourth-order valence-corrected chi connectivity index (χ4v) is 2.96. The highest BCUT2D eigenvalue weighted by Gasteiger charge is 2.30. The summed E-state index contributed by atoms with van der Waals surface area (Å²) < 4.78 is 16.2. The molecular formula is C16H24N2O3. The third-order valence-electron chi connectivity index (χ3n) is 4.25. The zero-order chi connectivity index (χ0) is 14.8. The van der Waals surface area contributed by atoms with E-state index in [-0.39, 0.29) is 0 Å². The maximum absolute atomic E-state index is 5.43. The van der Waals surface area contributed by atoms with E-state index in [4.69, 9.17) is 14.2 Å². The predicted molar refractivity (Wildman–Crippen MR) is 82.9 cm³/mol. The molecule has 2 aliphatic rings. The molecular weight excluding hydrogens is 268 g/mol. The molecule has 1 N–H and O–H groups in total. The topological polar surface area (TPSA) is 43.0 Å². The van der Waals surface area contributed by atoms with Crippen LogP contribution in [-0.2, 0) is 0 Å². The minimum atomic E-state index is 0.594. The van der Waals surface area contributed by atoms with Gasteiger partial charge in [0, 0.05) is 43.0 Å². The quantitative estimate of drug-likeness (QED) is 0.869. The van der Waals surface area contributed by atoms with E-state index in [1.807, 2.05) is 12.1 Å². The molecule has 1 aromatic rings. The zero-order valence-corrected chi connectivity index (χ0v) is 13.0. The van der Waals surface area contributed by atoms with Crippen molar-refractivity contribution in [3.8, 4) is 17.2 Å². The van der Waals surface area contributed by atoms with Gasteiger partial charge < -0.3 is 24.4 Å². The van der Waals surface area contributed by atoms with Gasteiger partial charge in [-0.05, 0) is 19.3 Å². The van der Waals surface area contributed by atoms with Crippen LogP contribution in [0.25, 0.3) is 0 Å². The molecule has 1 atom stereocenters. The van der Waals surface area contributed by atoms with Crippen molar-refractivity contribution in [1.82, 2.24) is 5.32 Å². The van der Waals surface area contributed by atoms with Crippen molar-refractivity contribution >= 4 is 5.69 Å². The molecule has 0 spiro atoms. The first-order valence-electron chi connectivity index (χ1n) is 7.56. The number of nitrogens with zero attached hydrogens (tertiary/aromatic N) is 1. The lowest BCUT2D eigenvalue weighted by atomic mass is 10.2. The Hall–Kier alpha value is -1.62. The molecule has 0 radical (unpaired) electrons. The summed E-state index contributed by atoms with van der Waals surface area (Å²) in [4.78, 5) is 2.38. The number of rotatable bonds is 6. The minimum absolute atomic E-state index is 0.594. The SMILES string of the molecule is COc1cc(N2CCC(NC3CC3)C2)cc(OC)c1OC. The van der Waals surface area contributed by atoms with Crippen LogP contribution >= 0.6 is 0 Å². The summed E-state index contributed by atoms with van der Waals surface area (Å²) in [7, 11) is 4.94. The second-order valence-electron chi connectivity index (χ2n) is 5.76. The summed E-state index contributed by atoms with van der Waals surface area (Å²) in [6, 6.07) is 5.41. The fourth-order valence-electron chi connectivity index (χ4n) is 2.96. The van der Waals surface area contributed by atoms with Crippen LogP contribution < -0.4 is 24.4 Å². The molecule has 0 bridgehead atoms. The van der Waals surface area contributed by atoms with Gasteiger partial charge in [0.1, 0.15) is 0 Å². The molecule has 1 saturated heterocycles. The summed E-state index contributed by atoms with van der Waals surface area (Å²) in [5.74, 6) is 2.08. The number of methoxy groups -OCH3 is 3. The van der Waals surface area contributed by atoms with Crippen molar-refractivity contribution in [3.05, 3.63) is 12.1 Å². The standard InChI is InChI=1S/C16H24N2O3/c1-19-14-8-13(9-15(20-2)16(14)21-3)18-7-6-12(10-18)17-11-4-5-11/h8-9,11-12,17H,4-7,10H2,1-3H3. The molecule has 1 aromatic carbocycles. The average Bonchev–Trinajstić information content (AvgIpc) is 3.20. The average molecular weight is 292 g/mol. The molecule has 5 heteroatoms. The van der Waals surface area contributed by atoms with Crippen molar-refractivity contribution in [2.45, 2.75) is 31.3 Å². The number of hydrogen-bond donors (Lipinski definition) is 1. The Balaban J connectivity index is 1.78. The van der Waals surface area contributed by atoms with E-state index >= 15 is 0 Å². The van der Waals surface area contributed by atoms with Crippen LogP contribution in [0.1, 0.15) is 19.3 Å². The Kier molecular flexibility index (Phi) is 4.10. The van der Waals surface area contributed by atoms with E-state index in [2.05, 4.69) is 10.2 Å². The van der Waals surface area contributed by atoms with E-state index in [1.165, 1.54) is 19.3 Å². The van der Waals surface area contributed by atoms with Crippen molar-refractivity contribution in [3.63, 3.8) is 0 Å². The van der Waals surface area contributed by atoms with Gasteiger partial charge in [0.15, 0.2) is 11.5 Å². The van der Waals surface area contributed by atoms with Gasteiger partial charge in [-0.2, -0.15) is 0 Å². The van der Waals surface area contributed by atoms with Gasteiger partial charge in [-0.15, -0.1) is 0 Å². The third kappa shape index (κ3) is 3.02. The van der Waals surface area contributed by atoms with E-state index in [1.54, 1.807) is 21.3 Å². The summed E-state index contributed by atoms with van der Waals surface area (Å²) in [5, 5.41) is 3.70. The molecule has 116 valence electrons. The lowest BCUT2D eigenvalue weighted by Gasteiger charge is -2.22. The first-order valence-corrected chi connectivity index (χ1v) is 7.56. The number of benzene rings is 1. The molecule has 1 heterocycles. The zero-order valence-electron chi connectivity index (χ0n) is 13.0. The van der Waals surface area contributed by atoms with Crippen LogP contribution in [0.4, 0.5) is 5.69 Å². The van der Waals surface area contributed by atoms with Gasteiger partial charge in [0.05, 0.1) is 21.3 Å². The maximum Gasteiger partial charge on any atom is 0.203 e. The Labute approximate surface area is 126 Å². The van der Waals surface area contributed by atoms with Crippen LogP contribution in [0.3, 0.4) is 0 Å². The monoisotopic (exact) mass is 292 g/mol. The highest BCUT2D eigenvalue weighted by molar-refractivity contribution is 5.64. The first kappa shape index (κ1) is 14.3. The summed E-state index contributed by atoms with van der Waals surface area (Å²) in [6.07, 6.45) is 3.86. The maximum atomic E-state index is 5.43. The molecule has 3 rings (SSSR count). The van der Waals surface area contributed by atoms with Gasteiger partial charge >= 0.3 is 0 Å². The molecule has 1 saturated carbocycles. The summed E-state index contributed by atoms with van der Waals surface area (Å²) in [5.41, 5.74) is 1.13. The smallest absolute Gasteiger partial charge is 0.203 e. The van der Waals surface area contributed by atoms with E-state index in [0.29, 0.717) is 23.3 Å². The van der Waals surface area contributed by atoms with Crippen molar-refractivity contribution in [2.75, 3.05) is 39.3 Å². The van der Waals surface area contributed by atoms with Gasteiger partial charge in [-0.25, -0.2) is 0 Å². The molecule has 5 nitrogen and oxygen atoms in total. The summed E-state index contributed by atoms with van der Waals surface area (Å²) >= 11 is 0. The molecule has 1 aliphatic carbocycles. The third-order valence-corrected chi connectivity index (χ3v) is 4.25. The van der Waals surface area contributed by atoms with E-state index < -0.39 is 0 Å². The number of anilines is 1. The van der Waals surface area contributed by atoms with Crippen LogP contribution in [0.15, 0.2) is 12.1 Å². The number of hydrogen-bond acceptors (Lipinski definition) is 5. The van der Waals surface area contributed by atoms with E-state index in [0.717, 1.165) is 24.8 Å². The van der Waals surface area contributed by atoms with Crippen LogP contribution in [0.5, 0.6) is 17.2 Å². The normalized spacial score (nSPS) is 21.5. The van der Waals surface area contributed by atoms with Crippen molar-refractivity contribution < 1.29 is 14.2 Å². The largest absolute Gasteiger partial charge is 0.493 e. The first-order chi connectivity index (χ1) is 10.2. The van der Waals surface area contributed by atoms with Gasteiger partial charge in [0.25, 0.3) is 0 Å². The Morgan fingerprint density at radius 2 is 1.62 bits per heavy atom. The molecule has 21 heavy (non-hydrogen) atoms. The second-order valence-corrected chi connectivity index (χ2v) is 5.76. The summed E-state index contributed by atoms with van der Waals surface area (Å²) in [6.45, 7) is 2.10. The molecule has 2 fully saturated rings. The minimum Gasteiger partial charge on any atom is -0.493 e. The predicted octanol–water partition coefficient (Wildman–Crippen LogP) is 2.04. The highest BCUT2D eigenvalue weighted by Crippen LogP contribution is 2.41. The lowest BCUT2D eigenvalue weighted by Crippen LogP contribution is -2.33. The molecule has 1 unspecified atom stereocenters. The second kappa shape index (κ2) is 6.02. The lowest BCUT2D eigenvalue weighted by molar-refractivity contribution is 0.324. The molecule has 1 aliphatic heterocycles. The van der Waals surface area contributed by atoms with Gasteiger partial charge in [0.2, 0.25) is 5.75 Å².